The van der Waals surface area contributed by atoms with Crippen molar-refractivity contribution >= 4 is 5.69 Å². The van der Waals surface area contributed by atoms with Crippen molar-refractivity contribution in [1.82, 2.24) is 9.88 Å². The Labute approximate surface area is 344 Å². The van der Waals surface area contributed by atoms with E-state index in [0.717, 1.165) is 18.1 Å². The van der Waals surface area contributed by atoms with Crippen LogP contribution in [0, 0.1) is 0 Å². The number of hydrogen-bond acceptors (Lipinski definition) is 3. The van der Waals surface area contributed by atoms with E-state index in [0.29, 0.717) is 0 Å². The molecule has 0 saturated carbocycles. The van der Waals surface area contributed by atoms with Gasteiger partial charge in [0, 0.05) is 25.1 Å². The first kappa shape index (κ1) is 36.2. The highest BCUT2D eigenvalue weighted by Gasteiger charge is 2.51. The summed E-state index contributed by atoms with van der Waals surface area (Å²) >= 11 is 0. The van der Waals surface area contributed by atoms with Crippen LogP contribution in [0.1, 0.15) is 97.4 Å². The van der Waals surface area contributed by atoms with Crippen LogP contribution in [0.5, 0.6) is 0 Å². The highest BCUT2D eigenvalue weighted by Crippen LogP contribution is 2.59. The molecule has 10 rings (SSSR count). The lowest BCUT2D eigenvalue weighted by atomic mass is 9.66. The van der Waals surface area contributed by atoms with E-state index in [-0.39, 0.29) is 10.8 Å². The van der Waals surface area contributed by atoms with Gasteiger partial charge in [-0.3, -0.25) is 4.98 Å². The zero-order valence-corrected chi connectivity index (χ0v) is 34.7. The summed E-state index contributed by atoms with van der Waals surface area (Å²) in [6.45, 7) is 14.8. The highest BCUT2D eigenvalue weighted by molar-refractivity contribution is 5.88. The van der Waals surface area contributed by atoms with Crippen molar-refractivity contribution in [1.29, 1.82) is 0 Å². The van der Waals surface area contributed by atoms with Gasteiger partial charge in [-0.25, -0.2) is 0 Å². The topological polar surface area (TPSA) is 19.4 Å². The molecule has 6 aromatic carbocycles. The van der Waals surface area contributed by atoms with Crippen molar-refractivity contribution in [2.45, 2.75) is 63.2 Å². The molecule has 3 nitrogen and oxygen atoms in total. The summed E-state index contributed by atoms with van der Waals surface area (Å²) in [5, 5.41) is 0. The SMILES string of the molecule is CN1C=CN(c2cc(C(C)(C)C)cc(C3(c4cc(C(C)(C)C)cc(C5(c6ccccc6)c6ccccc6-c6ccccc65)n4)c4ccccc4-c4ccccc43)c2)C1. The number of hydrogen-bond donors (Lipinski definition) is 0. The molecule has 0 atom stereocenters. The Morgan fingerprint density at radius 1 is 0.448 bits per heavy atom. The van der Waals surface area contributed by atoms with E-state index < -0.39 is 10.8 Å². The van der Waals surface area contributed by atoms with E-state index in [1.807, 2.05) is 0 Å². The largest absolute Gasteiger partial charge is 0.361 e. The van der Waals surface area contributed by atoms with Crippen molar-refractivity contribution in [2.24, 2.45) is 0 Å². The molecule has 7 aromatic rings. The average Bonchev–Trinajstić information content (AvgIpc) is 3.90. The molecule has 1 aliphatic heterocycles. The van der Waals surface area contributed by atoms with Gasteiger partial charge in [0.05, 0.1) is 28.9 Å². The zero-order valence-electron chi connectivity index (χ0n) is 34.7. The summed E-state index contributed by atoms with van der Waals surface area (Å²) in [4.78, 5) is 10.8. The van der Waals surface area contributed by atoms with Gasteiger partial charge >= 0.3 is 0 Å². The molecular weight excluding hydrogens is 703 g/mol. The van der Waals surface area contributed by atoms with Crippen molar-refractivity contribution in [3.8, 4) is 22.3 Å². The van der Waals surface area contributed by atoms with Crippen LogP contribution in [0.2, 0.25) is 0 Å². The lowest BCUT2D eigenvalue weighted by molar-refractivity contribution is 0.495. The fourth-order valence-corrected chi connectivity index (χ4v) is 10.1. The van der Waals surface area contributed by atoms with Crippen LogP contribution in [0.3, 0.4) is 0 Å². The molecule has 0 unspecified atom stereocenters. The van der Waals surface area contributed by atoms with Crippen molar-refractivity contribution < 1.29 is 0 Å². The maximum absolute atomic E-state index is 6.20. The number of rotatable bonds is 5. The molecular formula is C55H51N3. The minimum atomic E-state index is -0.718. The van der Waals surface area contributed by atoms with E-state index >= 15 is 0 Å². The lowest BCUT2D eigenvalue weighted by Gasteiger charge is -2.39. The number of nitrogens with zero attached hydrogens (tertiary/aromatic N) is 3. The normalized spacial score (nSPS) is 15.9. The summed E-state index contributed by atoms with van der Waals surface area (Å²) in [6, 6.07) is 59.5. The minimum absolute atomic E-state index is 0.0978. The molecule has 0 spiro atoms. The smallest absolute Gasteiger partial charge is 0.0938 e. The second-order valence-corrected chi connectivity index (χ2v) is 18.6. The van der Waals surface area contributed by atoms with Gasteiger partial charge in [0.15, 0.2) is 0 Å². The van der Waals surface area contributed by atoms with Crippen LogP contribution < -0.4 is 4.90 Å². The number of pyridine rings is 1. The minimum Gasteiger partial charge on any atom is -0.361 e. The second-order valence-electron chi connectivity index (χ2n) is 18.6. The molecule has 0 saturated heterocycles. The van der Waals surface area contributed by atoms with E-state index in [4.69, 9.17) is 4.98 Å². The van der Waals surface area contributed by atoms with E-state index in [1.54, 1.807) is 0 Å². The van der Waals surface area contributed by atoms with Gasteiger partial charge in [0.25, 0.3) is 0 Å². The van der Waals surface area contributed by atoms with Crippen LogP contribution in [0.25, 0.3) is 22.3 Å². The van der Waals surface area contributed by atoms with E-state index in [1.165, 1.54) is 72.4 Å². The third-order valence-corrected chi connectivity index (χ3v) is 13.0. The Morgan fingerprint density at radius 3 is 1.29 bits per heavy atom. The third kappa shape index (κ3) is 5.22. The maximum Gasteiger partial charge on any atom is 0.0938 e. The zero-order chi connectivity index (χ0) is 40.0. The Bertz CT molecular complexity index is 2670. The standard InChI is InChI=1S/C55H51N3/c1-52(2,3)38-31-40(33-41(32-38)58-30-29-57(7)36-58)55(48-27-17-13-23-44(48)45-24-14-18-28-49(45)55)51-35-39(53(4,5)6)34-50(56-51)54(37-19-9-8-10-20-37)46-25-15-11-21-42(46)43-22-12-16-26-47(43)54/h8-35H,36H2,1-7H3. The van der Waals surface area contributed by atoms with Crippen molar-refractivity contribution in [3.63, 3.8) is 0 Å². The molecule has 0 bridgehead atoms. The molecule has 0 fully saturated rings. The Kier molecular flexibility index (Phi) is 8.05. The van der Waals surface area contributed by atoms with Gasteiger partial charge in [-0.15, -0.1) is 0 Å². The quantitative estimate of drug-likeness (QED) is 0.174. The molecule has 3 heteroatoms. The number of fused-ring (bicyclic) bond motifs is 6. The Morgan fingerprint density at radius 2 is 0.862 bits per heavy atom. The summed E-state index contributed by atoms with van der Waals surface area (Å²) < 4.78 is 0. The van der Waals surface area contributed by atoms with Crippen LogP contribution in [0.4, 0.5) is 5.69 Å². The van der Waals surface area contributed by atoms with Gasteiger partial charge in [0.2, 0.25) is 0 Å². The van der Waals surface area contributed by atoms with Crippen molar-refractivity contribution in [3.05, 3.63) is 226 Å². The number of anilines is 1. The van der Waals surface area contributed by atoms with E-state index in [9.17, 15) is 0 Å². The highest BCUT2D eigenvalue weighted by atomic mass is 15.3. The first-order chi connectivity index (χ1) is 27.9. The molecule has 3 aliphatic rings. The molecule has 0 N–H and O–H groups in total. The first-order valence-electron chi connectivity index (χ1n) is 20.7. The molecule has 0 amide bonds. The van der Waals surface area contributed by atoms with Gasteiger partial charge in [-0.1, -0.05) is 175 Å². The van der Waals surface area contributed by atoms with Crippen LogP contribution in [0.15, 0.2) is 170 Å². The molecule has 58 heavy (non-hydrogen) atoms. The summed E-state index contributed by atoms with van der Waals surface area (Å²) in [5.74, 6) is 0. The van der Waals surface area contributed by atoms with E-state index in [2.05, 4.69) is 229 Å². The first-order valence-corrected chi connectivity index (χ1v) is 20.7. The van der Waals surface area contributed by atoms with Gasteiger partial charge < -0.3 is 9.80 Å². The predicted octanol–water partition coefficient (Wildman–Crippen LogP) is 12.6. The number of aromatic nitrogens is 1. The summed E-state index contributed by atoms with van der Waals surface area (Å²) in [5.41, 5.74) is 16.8. The molecule has 2 aliphatic carbocycles. The third-order valence-electron chi connectivity index (χ3n) is 13.0. The molecule has 2 heterocycles. The van der Waals surface area contributed by atoms with Gasteiger partial charge in [0.1, 0.15) is 0 Å². The fraction of sp³-hybridized carbons (Fsp3) is 0.218. The summed E-state index contributed by atoms with van der Waals surface area (Å²) in [6.07, 6.45) is 4.38. The second kappa shape index (κ2) is 12.9. The van der Waals surface area contributed by atoms with Gasteiger partial charge in [-0.05, 0) is 102 Å². The number of benzene rings is 6. The molecule has 0 radical (unpaired) electrons. The Balaban J connectivity index is 1.38. The summed E-state index contributed by atoms with van der Waals surface area (Å²) in [7, 11) is 2.14. The predicted molar refractivity (Wildman–Crippen MR) is 240 cm³/mol. The lowest BCUT2D eigenvalue weighted by Crippen LogP contribution is -2.35. The molecule has 286 valence electrons. The van der Waals surface area contributed by atoms with Crippen LogP contribution >= 0.6 is 0 Å². The molecule has 1 aromatic heterocycles. The maximum atomic E-state index is 6.20. The van der Waals surface area contributed by atoms with Crippen molar-refractivity contribution in [2.75, 3.05) is 18.6 Å². The fourth-order valence-electron chi connectivity index (χ4n) is 10.1. The monoisotopic (exact) mass is 753 g/mol. The Hall–Kier alpha value is -6.19. The van der Waals surface area contributed by atoms with Crippen LogP contribution in [-0.4, -0.2) is 23.6 Å². The van der Waals surface area contributed by atoms with Gasteiger partial charge in [-0.2, -0.15) is 0 Å². The average molecular weight is 754 g/mol. The van der Waals surface area contributed by atoms with Crippen LogP contribution in [-0.2, 0) is 21.7 Å².